The number of nitrogens with one attached hydrogen (secondary N) is 2. The molecule has 0 bridgehead atoms. The molecule has 1 saturated heterocycles. The molecule has 2 heterocycles. The zero-order valence-electron chi connectivity index (χ0n) is 16.5. The van der Waals surface area contributed by atoms with Crippen LogP contribution in [0.3, 0.4) is 0 Å². The van der Waals surface area contributed by atoms with Crippen molar-refractivity contribution in [1.82, 2.24) is 14.9 Å². The van der Waals surface area contributed by atoms with Crippen LogP contribution >= 0.6 is 0 Å². The van der Waals surface area contributed by atoms with E-state index in [4.69, 9.17) is 17.3 Å². The predicted molar refractivity (Wildman–Crippen MR) is 115 cm³/mol. The molecule has 1 aliphatic rings. The van der Waals surface area contributed by atoms with Crippen molar-refractivity contribution in [2.24, 2.45) is 0 Å². The van der Waals surface area contributed by atoms with E-state index in [0.717, 1.165) is 51.1 Å². The first-order valence-electron chi connectivity index (χ1n) is 9.80. The molecule has 0 aliphatic carbocycles. The van der Waals surface area contributed by atoms with E-state index >= 15 is 0 Å². The van der Waals surface area contributed by atoms with Gasteiger partial charge in [0.25, 0.3) is 0 Å². The average Bonchev–Trinajstić information content (AvgIpc) is 2.75. The molecular formula is C20H26BN5O3. The fraction of sp³-hybridized carbons (Fsp3) is 0.450. The highest BCUT2D eigenvalue weighted by atomic mass is 16.5. The van der Waals surface area contributed by atoms with Crippen molar-refractivity contribution in [2.75, 3.05) is 56.5 Å². The number of amides is 1. The summed E-state index contributed by atoms with van der Waals surface area (Å²) in [6, 6.07) is 3.59. The lowest BCUT2D eigenvalue weighted by molar-refractivity contribution is -0.111. The molecule has 2 N–H and O–H groups in total. The monoisotopic (exact) mass is 395 g/mol. The van der Waals surface area contributed by atoms with E-state index in [-0.39, 0.29) is 12.4 Å². The summed E-state index contributed by atoms with van der Waals surface area (Å²) < 4.78 is 11.4. The summed E-state index contributed by atoms with van der Waals surface area (Å²) >= 11 is 0. The number of hydrogen-bond donors (Lipinski definition) is 2. The molecule has 0 spiro atoms. The number of nitrogens with zero attached hydrogens (tertiary/aromatic N) is 3. The van der Waals surface area contributed by atoms with Crippen molar-refractivity contribution in [2.45, 2.75) is 12.8 Å². The third-order valence-electron chi connectivity index (χ3n) is 4.68. The normalized spacial score (nSPS) is 14.5. The molecule has 1 aromatic carbocycles. The minimum absolute atomic E-state index is 0.238. The number of unbranched alkanes of at least 4 members (excludes halogenated alkanes) is 1. The van der Waals surface area contributed by atoms with Crippen LogP contribution in [-0.4, -0.2) is 74.5 Å². The van der Waals surface area contributed by atoms with Gasteiger partial charge in [0.15, 0.2) is 0 Å². The van der Waals surface area contributed by atoms with Crippen LogP contribution in [-0.2, 0) is 9.53 Å². The maximum atomic E-state index is 11.9. The van der Waals surface area contributed by atoms with Crippen molar-refractivity contribution in [1.29, 1.82) is 0 Å². The van der Waals surface area contributed by atoms with Crippen LogP contribution < -0.4 is 15.4 Å². The van der Waals surface area contributed by atoms with Gasteiger partial charge >= 0.3 is 0 Å². The maximum Gasteiger partial charge on any atom is 0.247 e. The molecule has 29 heavy (non-hydrogen) atoms. The highest BCUT2D eigenvalue weighted by molar-refractivity contribution is 6.10. The minimum Gasteiger partial charge on any atom is -0.491 e. The number of aromatic nitrogens is 2. The highest BCUT2D eigenvalue weighted by Gasteiger charge is 2.13. The number of rotatable bonds is 10. The minimum atomic E-state index is -0.313. The number of carbonyl (C=O) groups excluding carboxylic acids is 1. The van der Waals surface area contributed by atoms with Gasteiger partial charge in [0, 0.05) is 24.5 Å². The SMILES string of the molecule is [B]CNc1ncnc2cc(OCCCCN3CCOCC3)c(NC(=O)C=C)cc12. The van der Waals surface area contributed by atoms with Crippen LogP contribution in [0.5, 0.6) is 5.75 Å². The zero-order valence-corrected chi connectivity index (χ0v) is 16.5. The van der Waals surface area contributed by atoms with Gasteiger partial charge in [-0.1, -0.05) is 6.58 Å². The number of anilines is 2. The van der Waals surface area contributed by atoms with Gasteiger partial charge in [-0.25, -0.2) is 9.97 Å². The van der Waals surface area contributed by atoms with Crippen LogP contribution in [0.4, 0.5) is 11.5 Å². The maximum absolute atomic E-state index is 11.9. The lowest BCUT2D eigenvalue weighted by Crippen LogP contribution is -2.36. The molecule has 1 fully saturated rings. The third kappa shape index (κ3) is 5.91. The Hall–Kier alpha value is -2.65. The Morgan fingerprint density at radius 1 is 1.31 bits per heavy atom. The summed E-state index contributed by atoms with van der Waals surface area (Å²) in [5, 5.41) is 6.54. The molecule has 8 nitrogen and oxygen atoms in total. The molecule has 152 valence electrons. The smallest absolute Gasteiger partial charge is 0.247 e. The van der Waals surface area contributed by atoms with Gasteiger partial charge in [-0.3, -0.25) is 9.69 Å². The quantitative estimate of drug-likeness (QED) is 0.360. The Balaban J connectivity index is 1.68. The van der Waals surface area contributed by atoms with Crippen LogP contribution in [0.15, 0.2) is 31.1 Å². The molecule has 1 amide bonds. The summed E-state index contributed by atoms with van der Waals surface area (Å²) in [5.41, 5.74) is 1.25. The molecular weight excluding hydrogens is 369 g/mol. The first-order chi connectivity index (χ1) is 14.2. The first kappa shape index (κ1) is 21.1. The van der Waals surface area contributed by atoms with E-state index in [9.17, 15) is 4.79 Å². The molecule has 0 unspecified atom stereocenters. The second-order valence-corrected chi connectivity index (χ2v) is 6.67. The first-order valence-corrected chi connectivity index (χ1v) is 9.80. The van der Waals surface area contributed by atoms with Gasteiger partial charge in [0.05, 0.1) is 38.9 Å². The number of ether oxygens (including phenoxy) is 2. The van der Waals surface area contributed by atoms with E-state index in [1.807, 2.05) is 0 Å². The summed E-state index contributed by atoms with van der Waals surface area (Å²) in [7, 11) is 5.58. The van der Waals surface area contributed by atoms with Gasteiger partial charge < -0.3 is 20.1 Å². The van der Waals surface area contributed by atoms with Crippen molar-refractivity contribution in [3.63, 3.8) is 0 Å². The van der Waals surface area contributed by atoms with E-state index in [1.54, 1.807) is 12.1 Å². The molecule has 2 radical (unpaired) electrons. The molecule has 2 aromatic rings. The van der Waals surface area contributed by atoms with E-state index < -0.39 is 0 Å². The van der Waals surface area contributed by atoms with E-state index in [0.29, 0.717) is 29.4 Å². The van der Waals surface area contributed by atoms with Crippen molar-refractivity contribution >= 4 is 36.2 Å². The Labute approximate surface area is 172 Å². The molecule has 3 rings (SSSR count). The van der Waals surface area contributed by atoms with Gasteiger partial charge in [-0.15, -0.1) is 0 Å². The zero-order chi connectivity index (χ0) is 20.5. The van der Waals surface area contributed by atoms with Gasteiger partial charge in [0.1, 0.15) is 17.9 Å². The van der Waals surface area contributed by atoms with Crippen molar-refractivity contribution in [3.8, 4) is 5.75 Å². The van der Waals surface area contributed by atoms with Gasteiger partial charge in [-0.05, 0) is 38.0 Å². The van der Waals surface area contributed by atoms with Gasteiger partial charge in [-0.2, -0.15) is 0 Å². The molecule has 9 heteroatoms. The molecule has 0 saturated carbocycles. The number of morpholine rings is 1. The van der Waals surface area contributed by atoms with Gasteiger partial charge in [0.2, 0.25) is 5.91 Å². The summed E-state index contributed by atoms with van der Waals surface area (Å²) in [5.74, 6) is 0.854. The fourth-order valence-corrected chi connectivity index (χ4v) is 3.17. The lowest BCUT2D eigenvalue weighted by atomic mass is 10.1. The number of hydrogen-bond acceptors (Lipinski definition) is 7. The van der Waals surface area contributed by atoms with Crippen molar-refractivity contribution in [3.05, 3.63) is 31.1 Å². The Kier molecular flexibility index (Phi) is 7.83. The van der Waals surface area contributed by atoms with Crippen molar-refractivity contribution < 1.29 is 14.3 Å². The molecule has 1 aliphatic heterocycles. The second-order valence-electron chi connectivity index (χ2n) is 6.67. The topological polar surface area (TPSA) is 88.6 Å². The summed E-state index contributed by atoms with van der Waals surface area (Å²) in [4.78, 5) is 22.8. The summed E-state index contributed by atoms with van der Waals surface area (Å²) in [6.45, 7) is 8.68. The highest BCUT2D eigenvalue weighted by Crippen LogP contribution is 2.32. The Morgan fingerprint density at radius 2 is 2.14 bits per heavy atom. The third-order valence-corrected chi connectivity index (χ3v) is 4.68. The standard InChI is InChI=1S/C20H26BN5O3/c1-2-19(27)25-17-11-15-16(23-14-24-20(15)22-13-21)12-18(17)29-8-4-3-5-26-6-9-28-10-7-26/h2,11-12,14H,1,3-10,13H2,(H,25,27)(H,22,23,24). The van der Waals surface area contributed by atoms with Crippen LogP contribution in [0.1, 0.15) is 12.8 Å². The van der Waals surface area contributed by atoms with Crippen LogP contribution in [0.25, 0.3) is 10.9 Å². The Bertz CT molecular complexity index is 842. The molecule has 0 atom stereocenters. The number of fused-ring (bicyclic) bond motifs is 1. The predicted octanol–water partition coefficient (Wildman–Crippen LogP) is 1.78. The van der Waals surface area contributed by atoms with E-state index in [2.05, 4.69) is 32.1 Å². The van der Waals surface area contributed by atoms with Crippen LogP contribution in [0.2, 0.25) is 0 Å². The fourth-order valence-electron chi connectivity index (χ4n) is 3.17. The summed E-state index contributed by atoms with van der Waals surface area (Å²) in [6.07, 6.45) is 4.87. The second kappa shape index (κ2) is 10.8. The van der Waals surface area contributed by atoms with Crippen LogP contribution in [0, 0.1) is 0 Å². The number of carbonyl (C=O) groups is 1. The van der Waals surface area contributed by atoms with E-state index in [1.165, 1.54) is 12.4 Å². The lowest BCUT2D eigenvalue weighted by Gasteiger charge is -2.26. The Morgan fingerprint density at radius 3 is 2.90 bits per heavy atom. The largest absolute Gasteiger partial charge is 0.491 e. The average molecular weight is 395 g/mol. The molecule has 1 aromatic heterocycles. The number of benzene rings is 1.